The molecule has 0 saturated carbocycles. The molecule has 0 radical (unpaired) electrons. The van der Waals surface area contributed by atoms with E-state index in [-0.39, 0.29) is 30.2 Å². The highest BCUT2D eigenvalue weighted by atomic mass is 32.2. The van der Waals surface area contributed by atoms with Crippen LogP contribution < -0.4 is 4.74 Å². The smallest absolute Gasteiger partial charge is 0.229 e. The highest BCUT2D eigenvalue weighted by molar-refractivity contribution is 7.89. The number of imide groups is 1. The molecule has 148 valence electrons. The number of carbonyl (C=O) groups excluding carboxylic acids is 2. The summed E-state index contributed by atoms with van der Waals surface area (Å²) in [5, 5.41) is 0. The van der Waals surface area contributed by atoms with Crippen LogP contribution >= 0.6 is 0 Å². The van der Waals surface area contributed by atoms with Gasteiger partial charge in [0.1, 0.15) is 11.9 Å². The molecule has 2 fully saturated rings. The normalized spacial score (nSPS) is 20.1. The van der Waals surface area contributed by atoms with Crippen molar-refractivity contribution in [1.82, 2.24) is 14.2 Å². The lowest BCUT2D eigenvalue weighted by molar-refractivity contribution is -0.147. The van der Waals surface area contributed by atoms with Gasteiger partial charge in [0.2, 0.25) is 21.8 Å². The van der Waals surface area contributed by atoms with Gasteiger partial charge in [-0.05, 0) is 38.3 Å². The van der Waals surface area contributed by atoms with Gasteiger partial charge in [-0.1, -0.05) is 0 Å². The van der Waals surface area contributed by atoms with Crippen LogP contribution in [0.1, 0.15) is 37.8 Å². The molecule has 0 bridgehead atoms. The van der Waals surface area contributed by atoms with E-state index in [9.17, 15) is 18.0 Å². The minimum Gasteiger partial charge on any atom is -0.489 e. The second-order valence-electron chi connectivity index (χ2n) is 6.96. The van der Waals surface area contributed by atoms with E-state index in [1.54, 1.807) is 6.20 Å². The lowest BCUT2D eigenvalue weighted by Crippen LogP contribution is -2.47. The molecule has 27 heavy (non-hydrogen) atoms. The summed E-state index contributed by atoms with van der Waals surface area (Å²) in [6.07, 6.45) is 3.97. The summed E-state index contributed by atoms with van der Waals surface area (Å²) in [5.74, 6) is -0.0951. The number of sulfonamides is 1. The maximum absolute atomic E-state index is 12.6. The molecule has 0 spiro atoms. The van der Waals surface area contributed by atoms with E-state index in [0.29, 0.717) is 50.9 Å². The number of rotatable bonds is 6. The molecule has 9 heteroatoms. The highest BCUT2D eigenvalue weighted by Gasteiger charge is 2.32. The number of aromatic nitrogens is 1. The zero-order valence-corrected chi connectivity index (χ0v) is 16.3. The Morgan fingerprint density at radius 1 is 1.15 bits per heavy atom. The molecule has 1 aromatic rings. The number of ether oxygens (including phenoxy) is 1. The number of piperidine rings is 2. The summed E-state index contributed by atoms with van der Waals surface area (Å²) >= 11 is 0. The van der Waals surface area contributed by atoms with Crippen molar-refractivity contribution in [3.8, 4) is 5.75 Å². The van der Waals surface area contributed by atoms with Crippen molar-refractivity contribution in [3.05, 3.63) is 24.0 Å². The van der Waals surface area contributed by atoms with Crippen molar-refractivity contribution < 1.29 is 22.7 Å². The molecular formula is C18H25N3O5S. The predicted molar refractivity (Wildman–Crippen MR) is 98.6 cm³/mol. The number of hydrogen-bond donors (Lipinski definition) is 0. The Hall–Kier alpha value is -2.00. The maximum atomic E-state index is 12.6. The first-order valence-corrected chi connectivity index (χ1v) is 10.9. The van der Waals surface area contributed by atoms with Gasteiger partial charge in [-0.2, -0.15) is 0 Å². The van der Waals surface area contributed by atoms with Crippen LogP contribution in [-0.4, -0.2) is 65.9 Å². The van der Waals surface area contributed by atoms with Crippen molar-refractivity contribution >= 4 is 21.8 Å². The van der Waals surface area contributed by atoms with Crippen molar-refractivity contribution in [2.45, 2.75) is 45.1 Å². The number of amides is 2. The maximum Gasteiger partial charge on any atom is 0.229 e. The van der Waals surface area contributed by atoms with Crippen molar-refractivity contribution in [1.29, 1.82) is 0 Å². The Kier molecular flexibility index (Phi) is 6.11. The quantitative estimate of drug-likeness (QED) is 0.669. The van der Waals surface area contributed by atoms with E-state index in [1.807, 2.05) is 19.1 Å². The Morgan fingerprint density at radius 3 is 2.41 bits per heavy atom. The standard InChI is InChI=1S/C18H25N3O5S/c1-14-5-6-16(13-19-14)26-15-7-9-20(10-8-15)27(24,25)12-11-21-17(22)3-2-4-18(21)23/h5-6,13,15H,2-4,7-12H2,1H3. The fraction of sp³-hybridized carbons (Fsp3) is 0.611. The topological polar surface area (TPSA) is 96.9 Å². The van der Waals surface area contributed by atoms with Gasteiger partial charge in [0, 0.05) is 38.2 Å². The average molecular weight is 395 g/mol. The molecule has 0 N–H and O–H groups in total. The monoisotopic (exact) mass is 395 g/mol. The summed E-state index contributed by atoms with van der Waals surface area (Å²) < 4.78 is 32.4. The Bertz CT molecular complexity index is 770. The highest BCUT2D eigenvalue weighted by Crippen LogP contribution is 2.21. The molecule has 8 nitrogen and oxygen atoms in total. The van der Waals surface area contributed by atoms with Crippen LogP contribution in [0.25, 0.3) is 0 Å². The van der Waals surface area contributed by atoms with Crippen molar-refractivity contribution in [2.75, 3.05) is 25.4 Å². The number of carbonyl (C=O) groups is 2. The number of likely N-dealkylation sites (tertiary alicyclic amines) is 1. The Labute approximate surface area is 159 Å². The lowest BCUT2D eigenvalue weighted by Gasteiger charge is -2.32. The molecule has 2 aliphatic rings. The van der Waals surface area contributed by atoms with Crippen LogP contribution in [0.3, 0.4) is 0 Å². The third-order valence-corrected chi connectivity index (χ3v) is 6.79. The van der Waals surface area contributed by atoms with Gasteiger partial charge in [-0.3, -0.25) is 19.5 Å². The molecule has 1 aromatic heterocycles. The van der Waals surface area contributed by atoms with Gasteiger partial charge in [0.05, 0.1) is 11.9 Å². The van der Waals surface area contributed by atoms with E-state index < -0.39 is 10.0 Å². The molecule has 2 saturated heterocycles. The minimum absolute atomic E-state index is 0.0498. The molecule has 0 atom stereocenters. The molecule has 3 heterocycles. The summed E-state index contributed by atoms with van der Waals surface area (Å²) in [4.78, 5) is 28.9. The number of pyridine rings is 1. The average Bonchev–Trinajstić information content (AvgIpc) is 2.64. The Morgan fingerprint density at radius 2 is 1.81 bits per heavy atom. The Balaban J connectivity index is 1.49. The molecule has 0 aromatic carbocycles. The molecule has 2 aliphatic heterocycles. The van der Waals surface area contributed by atoms with Gasteiger partial charge in [0.15, 0.2) is 0 Å². The first-order chi connectivity index (χ1) is 12.8. The van der Waals surface area contributed by atoms with Gasteiger partial charge in [0.25, 0.3) is 0 Å². The fourth-order valence-corrected chi connectivity index (χ4v) is 4.77. The SMILES string of the molecule is Cc1ccc(OC2CCN(S(=O)(=O)CCN3C(=O)CCCC3=O)CC2)cn1. The van der Waals surface area contributed by atoms with Crippen molar-refractivity contribution in [2.24, 2.45) is 0 Å². The number of hydrogen-bond acceptors (Lipinski definition) is 6. The van der Waals surface area contributed by atoms with E-state index in [2.05, 4.69) is 4.98 Å². The largest absolute Gasteiger partial charge is 0.489 e. The third-order valence-electron chi connectivity index (χ3n) is 4.94. The van der Waals surface area contributed by atoms with E-state index in [0.717, 1.165) is 10.6 Å². The van der Waals surface area contributed by atoms with Gasteiger partial charge in [-0.15, -0.1) is 0 Å². The van der Waals surface area contributed by atoms with Crippen LogP contribution in [-0.2, 0) is 19.6 Å². The zero-order chi connectivity index (χ0) is 19.4. The van der Waals surface area contributed by atoms with Crippen LogP contribution in [0, 0.1) is 6.92 Å². The van der Waals surface area contributed by atoms with E-state index in [1.165, 1.54) is 4.31 Å². The zero-order valence-electron chi connectivity index (χ0n) is 15.5. The minimum atomic E-state index is -3.51. The molecule has 0 aliphatic carbocycles. The number of nitrogens with zero attached hydrogens (tertiary/aromatic N) is 3. The first-order valence-electron chi connectivity index (χ1n) is 9.25. The van der Waals surface area contributed by atoms with Crippen LogP contribution in [0.5, 0.6) is 5.75 Å². The van der Waals surface area contributed by atoms with Gasteiger partial charge in [-0.25, -0.2) is 12.7 Å². The van der Waals surface area contributed by atoms with Crippen LogP contribution in [0.2, 0.25) is 0 Å². The van der Waals surface area contributed by atoms with Crippen LogP contribution in [0.4, 0.5) is 0 Å². The lowest BCUT2D eigenvalue weighted by atomic mass is 10.1. The van der Waals surface area contributed by atoms with E-state index >= 15 is 0 Å². The molecular weight excluding hydrogens is 370 g/mol. The van der Waals surface area contributed by atoms with Gasteiger partial charge >= 0.3 is 0 Å². The molecule has 0 unspecified atom stereocenters. The predicted octanol–water partition coefficient (Wildman–Crippen LogP) is 1.10. The van der Waals surface area contributed by atoms with Crippen molar-refractivity contribution in [3.63, 3.8) is 0 Å². The third kappa shape index (κ3) is 5.04. The second-order valence-corrected chi connectivity index (χ2v) is 9.05. The summed E-state index contributed by atoms with van der Waals surface area (Å²) in [6, 6.07) is 3.73. The van der Waals surface area contributed by atoms with E-state index in [4.69, 9.17) is 4.74 Å². The summed E-state index contributed by atoms with van der Waals surface area (Å²) in [5.41, 5.74) is 0.911. The molecule has 2 amide bonds. The number of aryl methyl sites for hydroxylation is 1. The molecule has 3 rings (SSSR count). The second kappa shape index (κ2) is 8.35. The summed E-state index contributed by atoms with van der Waals surface area (Å²) in [6.45, 7) is 2.58. The first kappa shape index (κ1) is 19.8. The van der Waals surface area contributed by atoms with Crippen LogP contribution in [0.15, 0.2) is 18.3 Å². The summed E-state index contributed by atoms with van der Waals surface area (Å²) in [7, 11) is -3.51. The fourth-order valence-electron chi connectivity index (χ4n) is 3.33. The van der Waals surface area contributed by atoms with Gasteiger partial charge < -0.3 is 4.74 Å².